The highest BCUT2D eigenvalue weighted by Gasteiger charge is 2.27. The number of carbonyl (C=O) groups excluding carboxylic acids is 2. The minimum absolute atomic E-state index is 0.0553. The zero-order valence-corrected chi connectivity index (χ0v) is 14.4. The Hall–Kier alpha value is -2.28. The Morgan fingerprint density at radius 1 is 1.21 bits per heavy atom. The fraction of sp³-hybridized carbons (Fsp3) is 0.529. The lowest BCUT2D eigenvalue weighted by Gasteiger charge is -2.40. The van der Waals surface area contributed by atoms with Gasteiger partial charge in [-0.05, 0) is 31.2 Å². The summed E-state index contributed by atoms with van der Waals surface area (Å²) in [6.07, 6.45) is 0. The van der Waals surface area contributed by atoms with Gasteiger partial charge in [0.25, 0.3) is 0 Å². The Bertz CT molecular complexity index is 561. The number of nitrogens with zero attached hydrogens (tertiary/aromatic N) is 2. The Balaban J connectivity index is 1.92. The summed E-state index contributed by atoms with van der Waals surface area (Å²) in [6.45, 7) is 5.20. The van der Waals surface area contributed by atoms with Crippen molar-refractivity contribution in [3.63, 3.8) is 0 Å². The van der Waals surface area contributed by atoms with E-state index in [0.717, 1.165) is 18.8 Å². The molecular formula is C17H25N3O4. The van der Waals surface area contributed by atoms with Gasteiger partial charge in [-0.25, -0.2) is 9.59 Å². The topological polar surface area (TPSA) is 71.1 Å². The van der Waals surface area contributed by atoms with Gasteiger partial charge < -0.3 is 24.6 Å². The average Bonchev–Trinajstić information content (AvgIpc) is 2.61. The van der Waals surface area contributed by atoms with Crippen molar-refractivity contribution in [2.45, 2.75) is 13.0 Å². The third kappa shape index (κ3) is 4.38. The fourth-order valence-electron chi connectivity index (χ4n) is 2.78. The molecule has 1 saturated heterocycles. The van der Waals surface area contributed by atoms with Crippen LogP contribution in [-0.4, -0.2) is 69.9 Å². The molecule has 0 bridgehead atoms. The SMILES string of the molecule is COCCNC(=O)N1CCN(c2ccc(C(=O)OC)cc2)C[C@H]1C. The van der Waals surface area contributed by atoms with E-state index in [4.69, 9.17) is 9.47 Å². The summed E-state index contributed by atoms with van der Waals surface area (Å²) in [5.41, 5.74) is 1.57. The maximum atomic E-state index is 12.2. The normalized spacial score (nSPS) is 17.5. The largest absolute Gasteiger partial charge is 0.465 e. The third-order valence-electron chi connectivity index (χ3n) is 4.12. The van der Waals surface area contributed by atoms with Crippen molar-refractivity contribution in [2.75, 3.05) is 51.9 Å². The van der Waals surface area contributed by atoms with Crippen molar-refractivity contribution in [1.29, 1.82) is 0 Å². The van der Waals surface area contributed by atoms with Crippen molar-refractivity contribution in [3.8, 4) is 0 Å². The van der Waals surface area contributed by atoms with Crippen LogP contribution in [0.3, 0.4) is 0 Å². The molecule has 0 aromatic heterocycles. The molecule has 1 heterocycles. The van der Waals surface area contributed by atoms with E-state index in [0.29, 0.717) is 25.3 Å². The molecule has 2 rings (SSSR count). The second kappa shape index (κ2) is 8.54. The van der Waals surface area contributed by atoms with Crippen molar-refractivity contribution in [3.05, 3.63) is 29.8 Å². The first-order valence-corrected chi connectivity index (χ1v) is 8.03. The first-order chi connectivity index (χ1) is 11.6. The van der Waals surface area contributed by atoms with Gasteiger partial charge in [-0.2, -0.15) is 0 Å². The summed E-state index contributed by atoms with van der Waals surface area (Å²) >= 11 is 0. The molecular weight excluding hydrogens is 310 g/mol. The minimum atomic E-state index is -0.340. The molecule has 132 valence electrons. The van der Waals surface area contributed by atoms with Crippen LogP contribution in [0.2, 0.25) is 0 Å². The van der Waals surface area contributed by atoms with Crippen LogP contribution in [0, 0.1) is 0 Å². The first-order valence-electron chi connectivity index (χ1n) is 8.03. The zero-order chi connectivity index (χ0) is 17.5. The Kier molecular flexibility index (Phi) is 6.43. The Morgan fingerprint density at radius 3 is 2.50 bits per heavy atom. The number of nitrogens with one attached hydrogen (secondary N) is 1. The van der Waals surface area contributed by atoms with Crippen molar-refractivity contribution < 1.29 is 19.1 Å². The quantitative estimate of drug-likeness (QED) is 0.649. The third-order valence-corrected chi connectivity index (χ3v) is 4.12. The highest BCUT2D eigenvalue weighted by atomic mass is 16.5. The van der Waals surface area contributed by atoms with Gasteiger partial charge >= 0.3 is 12.0 Å². The Labute approximate surface area is 142 Å². The molecule has 0 saturated carbocycles. The summed E-state index contributed by atoms with van der Waals surface area (Å²) in [6, 6.07) is 7.38. The predicted molar refractivity (Wildman–Crippen MR) is 91.4 cm³/mol. The number of urea groups is 1. The zero-order valence-electron chi connectivity index (χ0n) is 14.4. The van der Waals surface area contributed by atoms with Crippen molar-refractivity contribution in [2.24, 2.45) is 0 Å². The summed E-state index contributed by atoms with van der Waals surface area (Å²) in [5, 5.41) is 2.86. The summed E-state index contributed by atoms with van der Waals surface area (Å²) in [4.78, 5) is 27.7. The molecule has 1 aromatic carbocycles. The maximum Gasteiger partial charge on any atom is 0.337 e. The number of anilines is 1. The van der Waals surface area contributed by atoms with Crippen LogP contribution < -0.4 is 10.2 Å². The molecule has 1 fully saturated rings. The highest BCUT2D eigenvalue weighted by Crippen LogP contribution is 2.20. The van der Waals surface area contributed by atoms with Gasteiger partial charge in [0.15, 0.2) is 0 Å². The predicted octanol–water partition coefficient (Wildman–Crippen LogP) is 1.34. The molecule has 0 aliphatic carbocycles. The monoisotopic (exact) mass is 335 g/mol. The van der Waals surface area contributed by atoms with Gasteiger partial charge in [-0.15, -0.1) is 0 Å². The summed E-state index contributed by atoms with van der Waals surface area (Å²) in [5.74, 6) is -0.340. The summed E-state index contributed by atoms with van der Waals surface area (Å²) in [7, 11) is 2.98. The van der Waals surface area contributed by atoms with Crippen LogP contribution >= 0.6 is 0 Å². The van der Waals surface area contributed by atoms with Crippen molar-refractivity contribution in [1.82, 2.24) is 10.2 Å². The van der Waals surface area contributed by atoms with E-state index in [2.05, 4.69) is 10.2 Å². The number of benzene rings is 1. The molecule has 7 heteroatoms. The fourth-order valence-corrected chi connectivity index (χ4v) is 2.78. The molecule has 1 aliphatic rings. The number of hydrogen-bond donors (Lipinski definition) is 1. The molecule has 1 aromatic rings. The molecule has 0 unspecified atom stereocenters. The minimum Gasteiger partial charge on any atom is -0.465 e. The highest BCUT2D eigenvalue weighted by molar-refractivity contribution is 5.89. The van der Waals surface area contributed by atoms with Crippen molar-refractivity contribution >= 4 is 17.7 Å². The van der Waals surface area contributed by atoms with E-state index < -0.39 is 0 Å². The van der Waals surface area contributed by atoms with Gasteiger partial charge in [0.2, 0.25) is 0 Å². The molecule has 0 spiro atoms. The maximum absolute atomic E-state index is 12.2. The number of carbonyl (C=O) groups is 2. The number of esters is 1. The number of ether oxygens (including phenoxy) is 2. The molecule has 1 aliphatic heterocycles. The lowest BCUT2D eigenvalue weighted by molar-refractivity contribution is 0.0600. The van der Waals surface area contributed by atoms with E-state index in [9.17, 15) is 9.59 Å². The molecule has 7 nitrogen and oxygen atoms in total. The van der Waals surface area contributed by atoms with Crippen LogP contribution in [0.1, 0.15) is 17.3 Å². The van der Waals surface area contributed by atoms with Gasteiger partial charge in [-0.3, -0.25) is 0 Å². The lowest BCUT2D eigenvalue weighted by Crippen LogP contribution is -2.56. The van der Waals surface area contributed by atoms with Gasteiger partial charge in [0.05, 0.1) is 19.3 Å². The smallest absolute Gasteiger partial charge is 0.337 e. The molecule has 1 N–H and O–H groups in total. The summed E-state index contributed by atoms with van der Waals surface area (Å²) < 4.78 is 9.65. The van der Waals surface area contributed by atoms with Crippen LogP contribution in [0.15, 0.2) is 24.3 Å². The van der Waals surface area contributed by atoms with Crippen LogP contribution in [0.4, 0.5) is 10.5 Å². The number of amides is 2. The standard InChI is InChI=1S/C17H25N3O4/c1-13-12-19(9-10-20(13)17(22)18-8-11-23-2)15-6-4-14(5-7-15)16(21)24-3/h4-7,13H,8-12H2,1-3H3,(H,18,22)/t13-/m1/s1. The van der Waals surface area contributed by atoms with Gasteiger partial charge in [0, 0.05) is 45.0 Å². The van der Waals surface area contributed by atoms with Gasteiger partial charge in [0.1, 0.15) is 0 Å². The van der Waals surface area contributed by atoms with E-state index in [-0.39, 0.29) is 18.0 Å². The second-order valence-corrected chi connectivity index (χ2v) is 5.75. The lowest BCUT2D eigenvalue weighted by atomic mass is 10.1. The van der Waals surface area contributed by atoms with E-state index >= 15 is 0 Å². The van der Waals surface area contributed by atoms with Gasteiger partial charge in [-0.1, -0.05) is 0 Å². The Morgan fingerprint density at radius 2 is 1.92 bits per heavy atom. The molecule has 0 radical (unpaired) electrons. The van der Waals surface area contributed by atoms with Crippen LogP contribution in [0.5, 0.6) is 0 Å². The number of hydrogen-bond acceptors (Lipinski definition) is 5. The first kappa shape index (κ1) is 18.1. The molecule has 2 amide bonds. The second-order valence-electron chi connectivity index (χ2n) is 5.75. The average molecular weight is 335 g/mol. The number of methoxy groups -OCH3 is 2. The number of piperazine rings is 1. The van der Waals surface area contributed by atoms with E-state index in [1.807, 2.05) is 24.0 Å². The number of rotatable bonds is 5. The molecule has 1 atom stereocenters. The van der Waals surface area contributed by atoms with Crippen LogP contribution in [-0.2, 0) is 9.47 Å². The van der Waals surface area contributed by atoms with Crippen LogP contribution in [0.25, 0.3) is 0 Å². The van der Waals surface area contributed by atoms with E-state index in [1.54, 1.807) is 19.2 Å². The molecule has 24 heavy (non-hydrogen) atoms. The van der Waals surface area contributed by atoms with E-state index in [1.165, 1.54) is 7.11 Å².